The van der Waals surface area contributed by atoms with E-state index in [1.165, 1.54) is 0 Å². The minimum atomic E-state index is -0.306. The first-order valence-corrected chi connectivity index (χ1v) is 9.75. The first kappa shape index (κ1) is 19.1. The number of anilines is 1. The van der Waals surface area contributed by atoms with E-state index in [4.69, 9.17) is 13.9 Å². The number of ether oxygens (including phenoxy) is 2. The number of benzene rings is 2. The third kappa shape index (κ3) is 4.27. The molecule has 4 rings (SSSR count). The zero-order valence-electron chi connectivity index (χ0n) is 16.3. The van der Waals surface area contributed by atoms with E-state index < -0.39 is 0 Å². The van der Waals surface area contributed by atoms with Gasteiger partial charge >= 0.3 is 0 Å². The summed E-state index contributed by atoms with van der Waals surface area (Å²) < 4.78 is 16.5. The number of nitrogens with one attached hydrogen (secondary N) is 1. The molecule has 0 fully saturated rings. The summed E-state index contributed by atoms with van der Waals surface area (Å²) in [5.41, 5.74) is 2.46. The van der Waals surface area contributed by atoms with E-state index in [2.05, 4.69) is 5.32 Å². The minimum Gasteiger partial charge on any atom is -0.491 e. The molecule has 1 aliphatic heterocycles. The van der Waals surface area contributed by atoms with Gasteiger partial charge in [0.15, 0.2) is 0 Å². The lowest BCUT2D eigenvalue weighted by Crippen LogP contribution is -2.42. The molecule has 1 N–H and O–H groups in total. The molecule has 0 aliphatic carbocycles. The van der Waals surface area contributed by atoms with Crippen LogP contribution in [0, 0.1) is 0 Å². The summed E-state index contributed by atoms with van der Waals surface area (Å²) in [7, 11) is 0. The van der Waals surface area contributed by atoms with Crippen LogP contribution in [0.5, 0.6) is 5.75 Å². The van der Waals surface area contributed by atoms with Crippen molar-refractivity contribution >= 4 is 11.6 Å². The van der Waals surface area contributed by atoms with Gasteiger partial charge < -0.3 is 24.1 Å². The van der Waals surface area contributed by atoms with Gasteiger partial charge in [-0.05, 0) is 48.9 Å². The number of para-hydroxylation sites is 1. The van der Waals surface area contributed by atoms with Crippen molar-refractivity contribution in [1.82, 2.24) is 4.90 Å². The predicted molar refractivity (Wildman–Crippen MR) is 110 cm³/mol. The van der Waals surface area contributed by atoms with Crippen LogP contribution < -0.4 is 10.1 Å². The molecular formula is C23H24N2O4. The van der Waals surface area contributed by atoms with Crippen LogP contribution >= 0.6 is 0 Å². The van der Waals surface area contributed by atoms with Gasteiger partial charge in [-0.1, -0.05) is 24.3 Å². The smallest absolute Gasteiger partial charge is 0.258 e. The van der Waals surface area contributed by atoms with E-state index in [1.807, 2.05) is 67.6 Å². The first-order chi connectivity index (χ1) is 14.3. The van der Waals surface area contributed by atoms with Crippen LogP contribution in [0.1, 0.15) is 34.8 Å². The highest BCUT2D eigenvalue weighted by Gasteiger charge is 2.33. The fraction of sp³-hybridized carbons (Fsp3) is 0.261. The fourth-order valence-corrected chi connectivity index (χ4v) is 3.40. The van der Waals surface area contributed by atoms with Gasteiger partial charge in [-0.25, -0.2) is 0 Å². The molecule has 3 aromatic rings. The maximum Gasteiger partial charge on any atom is 0.258 e. The number of carbonyl (C=O) groups excluding carboxylic acids is 1. The summed E-state index contributed by atoms with van der Waals surface area (Å²) in [6, 6.07) is 19.0. The second-order valence-corrected chi connectivity index (χ2v) is 6.72. The molecule has 6 heteroatoms. The lowest BCUT2D eigenvalue weighted by molar-refractivity contribution is 0.0651. The molecule has 1 aromatic heterocycles. The average Bonchev–Trinajstić information content (AvgIpc) is 3.27. The molecule has 29 heavy (non-hydrogen) atoms. The molecule has 0 saturated heterocycles. The maximum absolute atomic E-state index is 13.2. The van der Waals surface area contributed by atoms with Crippen LogP contribution in [-0.2, 0) is 11.3 Å². The number of nitrogens with zero attached hydrogens (tertiary/aromatic N) is 1. The Morgan fingerprint density at radius 1 is 1.03 bits per heavy atom. The fourth-order valence-electron chi connectivity index (χ4n) is 3.40. The van der Waals surface area contributed by atoms with Gasteiger partial charge in [0.25, 0.3) is 5.91 Å². The largest absolute Gasteiger partial charge is 0.491 e. The summed E-state index contributed by atoms with van der Waals surface area (Å²) in [5, 5.41) is 3.49. The van der Waals surface area contributed by atoms with Gasteiger partial charge in [-0.15, -0.1) is 0 Å². The van der Waals surface area contributed by atoms with E-state index >= 15 is 0 Å². The summed E-state index contributed by atoms with van der Waals surface area (Å²) >= 11 is 0. The monoisotopic (exact) mass is 392 g/mol. The van der Waals surface area contributed by atoms with Crippen LogP contribution in [0.3, 0.4) is 0 Å². The zero-order chi connectivity index (χ0) is 20.1. The Morgan fingerprint density at radius 3 is 2.62 bits per heavy atom. The Kier molecular flexibility index (Phi) is 5.81. The van der Waals surface area contributed by atoms with E-state index in [-0.39, 0.29) is 12.1 Å². The molecule has 1 amide bonds. The predicted octanol–water partition coefficient (Wildman–Crippen LogP) is 4.46. The number of rotatable bonds is 8. The Hall–Kier alpha value is -3.25. The van der Waals surface area contributed by atoms with Gasteiger partial charge in [-0.2, -0.15) is 0 Å². The van der Waals surface area contributed by atoms with Crippen molar-refractivity contribution in [2.75, 3.05) is 25.1 Å². The van der Waals surface area contributed by atoms with Crippen molar-refractivity contribution in [1.29, 1.82) is 0 Å². The number of furan rings is 1. The van der Waals surface area contributed by atoms with Crippen molar-refractivity contribution in [3.8, 4) is 5.75 Å². The second-order valence-electron chi connectivity index (χ2n) is 6.72. The van der Waals surface area contributed by atoms with Gasteiger partial charge in [-0.3, -0.25) is 4.79 Å². The standard InChI is InChI=1S/C23H24N2O4/c1-2-27-14-15-29-18-11-9-17(10-12-18)22-24-21-8-4-3-7-20(21)23(26)25(22)16-19-6-5-13-28-19/h3-13,22,24H,2,14-16H2,1H3. The van der Waals surface area contributed by atoms with Crippen molar-refractivity contribution in [3.63, 3.8) is 0 Å². The Morgan fingerprint density at radius 2 is 1.86 bits per heavy atom. The van der Waals surface area contributed by atoms with Crippen molar-refractivity contribution in [2.24, 2.45) is 0 Å². The summed E-state index contributed by atoms with van der Waals surface area (Å²) in [4.78, 5) is 15.0. The summed E-state index contributed by atoms with van der Waals surface area (Å²) in [6.07, 6.45) is 1.31. The molecule has 0 bridgehead atoms. The van der Waals surface area contributed by atoms with Gasteiger partial charge in [0.05, 0.1) is 25.0 Å². The van der Waals surface area contributed by atoms with Crippen molar-refractivity contribution in [2.45, 2.75) is 19.6 Å². The molecule has 0 saturated carbocycles. The number of carbonyl (C=O) groups is 1. The van der Waals surface area contributed by atoms with Crippen LogP contribution in [0.25, 0.3) is 0 Å². The normalized spacial score (nSPS) is 15.7. The maximum atomic E-state index is 13.2. The molecule has 2 aromatic carbocycles. The average molecular weight is 392 g/mol. The lowest BCUT2D eigenvalue weighted by atomic mass is 10.0. The molecular weight excluding hydrogens is 368 g/mol. The molecule has 0 radical (unpaired) electrons. The number of fused-ring (bicyclic) bond motifs is 1. The van der Waals surface area contributed by atoms with Crippen LogP contribution in [0.15, 0.2) is 71.3 Å². The van der Waals surface area contributed by atoms with Crippen LogP contribution in [-0.4, -0.2) is 30.6 Å². The van der Waals surface area contributed by atoms with Gasteiger partial charge in [0.1, 0.15) is 24.3 Å². The second kappa shape index (κ2) is 8.84. The molecule has 2 heterocycles. The highest BCUT2D eigenvalue weighted by molar-refractivity contribution is 6.01. The molecule has 1 atom stereocenters. The van der Waals surface area contributed by atoms with E-state index in [1.54, 1.807) is 11.2 Å². The van der Waals surface area contributed by atoms with E-state index in [9.17, 15) is 4.79 Å². The molecule has 6 nitrogen and oxygen atoms in total. The molecule has 0 spiro atoms. The third-order valence-electron chi connectivity index (χ3n) is 4.82. The van der Waals surface area contributed by atoms with E-state index in [0.717, 1.165) is 22.8 Å². The highest BCUT2D eigenvalue weighted by atomic mass is 16.5. The zero-order valence-corrected chi connectivity index (χ0v) is 16.3. The topological polar surface area (TPSA) is 63.9 Å². The van der Waals surface area contributed by atoms with Crippen LogP contribution in [0.4, 0.5) is 5.69 Å². The first-order valence-electron chi connectivity index (χ1n) is 9.75. The number of hydrogen-bond acceptors (Lipinski definition) is 5. The molecule has 150 valence electrons. The Bertz CT molecular complexity index is 938. The van der Waals surface area contributed by atoms with Crippen molar-refractivity contribution in [3.05, 3.63) is 83.8 Å². The van der Waals surface area contributed by atoms with Crippen molar-refractivity contribution < 1.29 is 18.7 Å². The highest BCUT2D eigenvalue weighted by Crippen LogP contribution is 2.34. The quantitative estimate of drug-likeness (QED) is 0.574. The summed E-state index contributed by atoms with van der Waals surface area (Å²) in [6.45, 7) is 4.08. The summed E-state index contributed by atoms with van der Waals surface area (Å²) in [5.74, 6) is 1.48. The number of amides is 1. The Balaban J connectivity index is 1.57. The molecule has 1 aliphatic rings. The van der Waals surface area contributed by atoms with Gasteiger partial charge in [0, 0.05) is 12.3 Å². The minimum absolute atomic E-state index is 0.0298. The lowest BCUT2D eigenvalue weighted by Gasteiger charge is -2.37. The van der Waals surface area contributed by atoms with Gasteiger partial charge in [0.2, 0.25) is 0 Å². The molecule has 1 unspecified atom stereocenters. The Labute approximate surface area is 170 Å². The third-order valence-corrected chi connectivity index (χ3v) is 4.82. The number of hydrogen-bond donors (Lipinski definition) is 1. The van der Waals surface area contributed by atoms with Crippen LogP contribution in [0.2, 0.25) is 0 Å². The SMILES string of the molecule is CCOCCOc1ccc(C2Nc3ccccc3C(=O)N2Cc2ccco2)cc1. The van der Waals surface area contributed by atoms with E-state index in [0.29, 0.717) is 31.9 Å².